The van der Waals surface area contributed by atoms with E-state index < -0.39 is 0 Å². The Bertz CT molecular complexity index is 1300. The molecule has 32 heavy (non-hydrogen) atoms. The van der Waals surface area contributed by atoms with E-state index in [2.05, 4.69) is 48.6 Å². The molecule has 0 bridgehead atoms. The van der Waals surface area contributed by atoms with Crippen LogP contribution in [0.5, 0.6) is 11.5 Å². The van der Waals surface area contributed by atoms with Crippen LogP contribution in [-0.4, -0.2) is 24.6 Å². The summed E-state index contributed by atoms with van der Waals surface area (Å²) in [6.45, 7) is 2.11. The molecule has 0 fully saturated rings. The Labute approximate surface area is 186 Å². The molecule has 0 radical (unpaired) electrons. The average molecular weight is 422 g/mol. The van der Waals surface area contributed by atoms with Gasteiger partial charge < -0.3 is 14.8 Å². The highest BCUT2D eigenvalue weighted by molar-refractivity contribution is 5.96. The predicted octanol–water partition coefficient (Wildman–Crippen LogP) is 5.73. The van der Waals surface area contributed by atoms with Gasteiger partial charge in [0.25, 0.3) is 5.91 Å². The van der Waals surface area contributed by atoms with Gasteiger partial charge in [0, 0.05) is 11.1 Å². The van der Waals surface area contributed by atoms with Gasteiger partial charge in [-0.1, -0.05) is 42.0 Å². The summed E-state index contributed by atoms with van der Waals surface area (Å²) in [4.78, 5) is 16.7. The van der Waals surface area contributed by atoms with Crippen LogP contribution in [0.3, 0.4) is 0 Å². The molecule has 1 aliphatic rings. The molecular weight excluding hydrogens is 400 g/mol. The van der Waals surface area contributed by atoms with Gasteiger partial charge in [-0.05, 0) is 60.5 Å². The van der Waals surface area contributed by atoms with Crippen LogP contribution in [0.2, 0.25) is 0 Å². The van der Waals surface area contributed by atoms with Crippen molar-refractivity contribution in [2.24, 2.45) is 0 Å². The van der Waals surface area contributed by atoms with Crippen molar-refractivity contribution in [2.75, 3.05) is 19.0 Å². The second-order valence-electron chi connectivity index (χ2n) is 7.77. The van der Waals surface area contributed by atoms with Gasteiger partial charge in [-0.15, -0.1) is 0 Å². The van der Waals surface area contributed by atoms with Crippen LogP contribution in [0, 0.1) is 6.92 Å². The Balaban J connectivity index is 1.64. The Morgan fingerprint density at radius 3 is 2.19 bits per heavy atom. The number of fused-ring (bicyclic) bond motifs is 1. The second-order valence-corrected chi connectivity index (χ2v) is 7.77. The topological polar surface area (TPSA) is 60.5 Å². The Hall–Kier alpha value is -4.12. The maximum atomic E-state index is 11.8. The summed E-state index contributed by atoms with van der Waals surface area (Å²) in [5, 5.41) is 2.88. The lowest BCUT2D eigenvalue weighted by atomic mass is 9.99. The number of hydrogen-bond donors (Lipinski definition) is 1. The van der Waals surface area contributed by atoms with Gasteiger partial charge in [-0.3, -0.25) is 4.79 Å². The third kappa shape index (κ3) is 3.93. The standard InChI is InChI=1S/C27H22N2O3/c1-17-3-5-19(6-4-17)23-14-21(18-7-10-22(31-2)11-8-18)15-24(28-23)20-9-12-26-25(13-20)29-27(30)16-32-26/h3-15H,16H2,1-2H3,(H,29,30). The third-order valence-electron chi connectivity index (χ3n) is 5.50. The zero-order valence-electron chi connectivity index (χ0n) is 17.9. The van der Waals surface area contributed by atoms with Gasteiger partial charge in [-0.2, -0.15) is 0 Å². The lowest BCUT2D eigenvalue weighted by molar-refractivity contribution is -0.118. The summed E-state index contributed by atoms with van der Waals surface area (Å²) in [6.07, 6.45) is 0. The van der Waals surface area contributed by atoms with Crippen molar-refractivity contribution in [3.8, 4) is 45.1 Å². The fourth-order valence-corrected chi connectivity index (χ4v) is 3.74. The van der Waals surface area contributed by atoms with Crippen molar-refractivity contribution in [3.05, 3.63) is 84.4 Å². The molecule has 5 nitrogen and oxygen atoms in total. The van der Waals surface area contributed by atoms with Crippen LogP contribution in [-0.2, 0) is 4.79 Å². The second kappa shape index (κ2) is 8.19. The number of carbonyl (C=O) groups is 1. The molecular formula is C27H22N2O3. The summed E-state index contributed by atoms with van der Waals surface area (Å²) in [7, 11) is 1.66. The summed E-state index contributed by atoms with van der Waals surface area (Å²) in [5.41, 5.74) is 7.62. The Morgan fingerprint density at radius 2 is 1.47 bits per heavy atom. The smallest absolute Gasteiger partial charge is 0.262 e. The first kappa shape index (κ1) is 19.8. The van der Waals surface area contributed by atoms with E-state index in [9.17, 15) is 4.79 Å². The molecule has 0 saturated carbocycles. The van der Waals surface area contributed by atoms with Crippen molar-refractivity contribution >= 4 is 11.6 Å². The van der Waals surface area contributed by atoms with E-state index >= 15 is 0 Å². The zero-order chi connectivity index (χ0) is 22.1. The van der Waals surface area contributed by atoms with Crippen LogP contribution in [0.1, 0.15) is 5.56 Å². The summed E-state index contributed by atoms with van der Waals surface area (Å²) < 4.78 is 10.8. The molecule has 0 aliphatic carbocycles. The molecule has 0 spiro atoms. The molecule has 5 rings (SSSR count). The molecule has 2 heterocycles. The highest BCUT2D eigenvalue weighted by atomic mass is 16.5. The minimum absolute atomic E-state index is 0.0368. The molecule has 0 saturated heterocycles. The Kier molecular flexibility index (Phi) is 5.07. The van der Waals surface area contributed by atoms with Gasteiger partial charge in [0.15, 0.2) is 6.61 Å². The highest BCUT2D eigenvalue weighted by Gasteiger charge is 2.17. The van der Waals surface area contributed by atoms with E-state index in [0.29, 0.717) is 11.4 Å². The van der Waals surface area contributed by atoms with E-state index in [4.69, 9.17) is 14.5 Å². The number of nitrogens with zero attached hydrogens (tertiary/aromatic N) is 1. The van der Waals surface area contributed by atoms with Crippen LogP contribution in [0.25, 0.3) is 33.6 Å². The van der Waals surface area contributed by atoms with Crippen molar-refractivity contribution < 1.29 is 14.3 Å². The molecule has 1 aliphatic heterocycles. The number of rotatable bonds is 4. The SMILES string of the molecule is COc1ccc(-c2cc(-c3ccc(C)cc3)nc(-c3ccc4c(c3)NC(=O)CO4)c2)cc1. The number of methoxy groups -OCH3 is 1. The highest BCUT2D eigenvalue weighted by Crippen LogP contribution is 2.35. The molecule has 0 unspecified atom stereocenters. The van der Waals surface area contributed by atoms with Crippen molar-refractivity contribution in [1.29, 1.82) is 0 Å². The predicted molar refractivity (Wildman–Crippen MR) is 126 cm³/mol. The van der Waals surface area contributed by atoms with Gasteiger partial charge in [-0.25, -0.2) is 4.98 Å². The van der Waals surface area contributed by atoms with Gasteiger partial charge in [0.1, 0.15) is 11.5 Å². The lowest BCUT2D eigenvalue weighted by Gasteiger charge is -2.19. The number of nitrogens with one attached hydrogen (secondary N) is 1. The first-order valence-electron chi connectivity index (χ1n) is 10.4. The molecule has 1 N–H and O–H groups in total. The maximum Gasteiger partial charge on any atom is 0.262 e. The zero-order valence-corrected chi connectivity index (χ0v) is 17.9. The van der Waals surface area contributed by atoms with Crippen molar-refractivity contribution in [2.45, 2.75) is 6.92 Å². The first-order valence-corrected chi connectivity index (χ1v) is 10.4. The quantitative estimate of drug-likeness (QED) is 0.456. The number of hydrogen-bond acceptors (Lipinski definition) is 4. The Morgan fingerprint density at radius 1 is 0.812 bits per heavy atom. The third-order valence-corrected chi connectivity index (χ3v) is 5.50. The average Bonchev–Trinajstić information content (AvgIpc) is 2.84. The monoisotopic (exact) mass is 422 g/mol. The van der Waals surface area contributed by atoms with Gasteiger partial charge >= 0.3 is 0 Å². The maximum absolute atomic E-state index is 11.8. The number of pyridine rings is 1. The summed E-state index contributed by atoms with van der Waals surface area (Å²) >= 11 is 0. The number of amides is 1. The normalized spacial score (nSPS) is 12.5. The summed E-state index contributed by atoms with van der Waals surface area (Å²) in [5.74, 6) is 1.32. The minimum Gasteiger partial charge on any atom is -0.497 e. The number of aromatic nitrogens is 1. The molecule has 158 valence electrons. The minimum atomic E-state index is -0.157. The fraction of sp³-hybridized carbons (Fsp3) is 0.111. The molecule has 4 aromatic rings. The molecule has 5 heteroatoms. The fourth-order valence-electron chi connectivity index (χ4n) is 3.74. The van der Waals surface area contributed by atoms with Gasteiger partial charge in [0.2, 0.25) is 0 Å². The van der Waals surface area contributed by atoms with Crippen LogP contribution < -0.4 is 14.8 Å². The molecule has 0 atom stereocenters. The van der Waals surface area contributed by atoms with E-state index in [-0.39, 0.29) is 12.5 Å². The number of carbonyl (C=O) groups excluding carboxylic acids is 1. The molecule has 3 aromatic carbocycles. The summed E-state index contributed by atoms with van der Waals surface area (Å²) in [6, 6.07) is 26.2. The first-order chi connectivity index (χ1) is 15.6. The van der Waals surface area contributed by atoms with E-state index in [0.717, 1.165) is 39.4 Å². The largest absolute Gasteiger partial charge is 0.497 e. The van der Waals surface area contributed by atoms with Gasteiger partial charge in [0.05, 0.1) is 24.2 Å². The lowest BCUT2D eigenvalue weighted by Crippen LogP contribution is -2.25. The van der Waals surface area contributed by atoms with E-state index in [1.165, 1.54) is 5.56 Å². The van der Waals surface area contributed by atoms with Crippen LogP contribution >= 0.6 is 0 Å². The number of aryl methyl sites for hydroxylation is 1. The number of ether oxygens (including phenoxy) is 2. The molecule has 1 aromatic heterocycles. The number of anilines is 1. The van der Waals surface area contributed by atoms with Crippen molar-refractivity contribution in [1.82, 2.24) is 4.98 Å². The number of benzene rings is 3. The molecule has 1 amide bonds. The van der Waals surface area contributed by atoms with E-state index in [1.54, 1.807) is 7.11 Å². The van der Waals surface area contributed by atoms with Crippen LogP contribution in [0.4, 0.5) is 5.69 Å². The van der Waals surface area contributed by atoms with E-state index in [1.807, 2.05) is 42.5 Å². The van der Waals surface area contributed by atoms with Crippen LogP contribution in [0.15, 0.2) is 78.9 Å². The van der Waals surface area contributed by atoms with Crippen molar-refractivity contribution in [3.63, 3.8) is 0 Å².